The minimum Gasteiger partial charge on any atom is -0.367 e. The van der Waals surface area contributed by atoms with E-state index in [-0.39, 0.29) is 18.2 Å². The van der Waals surface area contributed by atoms with Gasteiger partial charge in [-0.25, -0.2) is 9.78 Å². The van der Waals surface area contributed by atoms with Gasteiger partial charge in [-0.2, -0.15) is 11.3 Å². The molecular formula is C15H17N3O2S. The van der Waals surface area contributed by atoms with E-state index >= 15 is 0 Å². The molecule has 2 atom stereocenters. The smallest absolute Gasteiger partial charge is 0.323 e. The molecule has 0 unspecified atom stereocenters. The molecule has 2 aromatic rings. The lowest BCUT2D eigenvalue weighted by Gasteiger charge is -2.36. The van der Waals surface area contributed by atoms with E-state index in [1.54, 1.807) is 28.5 Å². The van der Waals surface area contributed by atoms with E-state index in [4.69, 9.17) is 4.74 Å². The van der Waals surface area contributed by atoms with Crippen LogP contribution < -0.4 is 5.32 Å². The molecule has 5 nitrogen and oxygen atoms in total. The number of pyridine rings is 1. The highest BCUT2D eigenvalue weighted by atomic mass is 32.1. The summed E-state index contributed by atoms with van der Waals surface area (Å²) in [7, 11) is 0. The van der Waals surface area contributed by atoms with Crippen molar-refractivity contribution >= 4 is 23.2 Å². The first-order valence-corrected chi connectivity index (χ1v) is 7.81. The molecule has 0 spiro atoms. The normalized spacial score (nSPS) is 22.0. The van der Waals surface area contributed by atoms with Crippen molar-refractivity contribution in [3.63, 3.8) is 0 Å². The van der Waals surface area contributed by atoms with Gasteiger partial charge >= 0.3 is 6.03 Å². The van der Waals surface area contributed by atoms with Gasteiger partial charge in [-0.3, -0.25) is 5.32 Å². The fraction of sp³-hybridized carbons (Fsp3) is 0.333. The van der Waals surface area contributed by atoms with Crippen molar-refractivity contribution in [2.24, 2.45) is 0 Å². The van der Waals surface area contributed by atoms with Crippen LogP contribution >= 0.6 is 11.3 Å². The van der Waals surface area contributed by atoms with Gasteiger partial charge in [0.25, 0.3) is 0 Å². The third-order valence-electron chi connectivity index (χ3n) is 3.36. The van der Waals surface area contributed by atoms with Crippen LogP contribution in [0.15, 0.2) is 41.2 Å². The van der Waals surface area contributed by atoms with Crippen LogP contribution in [0.1, 0.15) is 18.6 Å². The number of hydrogen-bond donors (Lipinski definition) is 1. The molecule has 1 N–H and O–H groups in total. The van der Waals surface area contributed by atoms with E-state index in [0.717, 1.165) is 5.56 Å². The highest BCUT2D eigenvalue weighted by Gasteiger charge is 2.29. The summed E-state index contributed by atoms with van der Waals surface area (Å²) in [5.74, 6) is 0.564. The zero-order chi connectivity index (χ0) is 14.7. The second kappa shape index (κ2) is 6.24. The molecule has 110 valence electrons. The number of urea groups is 1. The number of amides is 2. The predicted molar refractivity (Wildman–Crippen MR) is 82.4 cm³/mol. The first-order valence-electron chi connectivity index (χ1n) is 6.87. The second-order valence-electron chi connectivity index (χ2n) is 5.04. The second-order valence-corrected chi connectivity index (χ2v) is 5.82. The lowest BCUT2D eigenvalue weighted by atomic mass is 10.1. The lowest BCUT2D eigenvalue weighted by molar-refractivity contribution is -0.0641. The Balaban J connectivity index is 1.68. The van der Waals surface area contributed by atoms with E-state index in [2.05, 4.69) is 15.7 Å². The van der Waals surface area contributed by atoms with Crippen molar-refractivity contribution in [2.45, 2.75) is 19.1 Å². The summed E-state index contributed by atoms with van der Waals surface area (Å²) in [5, 5.41) is 6.91. The lowest BCUT2D eigenvalue weighted by Crippen LogP contribution is -2.47. The molecule has 3 rings (SSSR count). The van der Waals surface area contributed by atoms with Crippen molar-refractivity contribution in [3.05, 3.63) is 46.8 Å². The van der Waals surface area contributed by atoms with Crippen molar-refractivity contribution in [1.29, 1.82) is 0 Å². The first kappa shape index (κ1) is 14.0. The van der Waals surface area contributed by atoms with Crippen molar-refractivity contribution in [2.75, 3.05) is 18.4 Å². The van der Waals surface area contributed by atoms with Gasteiger partial charge in [0.05, 0.1) is 12.6 Å². The Morgan fingerprint density at radius 2 is 2.33 bits per heavy atom. The van der Waals surface area contributed by atoms with Crippen molar-refractivity contribution < 1.29 is 9.53 Å². The quantitative estimate of drug-likeness (QED) is 0.927. The van der Waals surface area contributed by atoms with Crippen LogP contribution in [-0.4, -0.2) is 35.1 Å². The number of rotatable bonds is 2. The zero-order valence-electron chi connectivity index (χ0n) is 11.7. The van der Waals surface area contributed by atoms with Crippen LogP contribution in [0.3, 0.4) is 0 Å². The Bertz CT molecular complexity index is 588. The molecule has 1 fully saturated rings. The largest absolute Gasteiger partial charge is 0.367 e. The average Bonchev–Trinajstić information content (AvgIpc) is 3.02. The Labute approximate surface area is 127 Å². The number of morpholine rings is 1. The minimum atomic E-state index is -0.135. The average molecular weight is 303 g/mol. The van der Waals surface area contributed by atoms with Crippen LogP contribution in [0.4, 0.5) is 10.6 Å². The van der Waals surface area contributed by atoms with E-state index in [1.807, 2.05) is 30.5 Å². The minimum absolute atomic E-state index is 0.0122. The predicted octanol–water partition coefficient (Wildman–Crippen LogP) is 3.14. The van der Waals surface area contributed by atoms with Crippen molar-refractivity contribution in [1.82, 2.24) is 9.88 Å². The van der Waals surface area contributed by atoms with Crippen LogP contribution in [0.25, 0.3) is 0 Å². The summed E-state index contributed by atoms with van der Waals surface area (Å²) >= 11 is 1.64. The Kier molecular flexibility index (Phi) is 4.17. The number of thiophene rings is 1. The summed E-state index contributed by atoms with van der Waals surface area (Å²) in [6.07, 6.45) is 1.61. The number of anilines is 1. The molecular weight excluding hydrogens is 286 g/mol. The standard InChI is InChI=1S/C15H17N3O2S/c1-11-8-18(9-13(20-11)12-5-7-21-10-12)15(19)17-14-4-2-3-6-16-14/h2-7,10-11,13H,8-9H2,1H3,(H,16,17,19)/t11-,13+/m1/s1. The monoisotopic (exact) mass is 303 g/mol. The maximum absolute atomic E-state index is 12.4. The van der Waals surface area contributed by atoms with Crippen LogP contribution in [0.2, 0.25) is 0 Å². The SMILES string of the molecule is C[C@@H]1CN(C(=O)Nc2ccccn2)C[C@@H](c2ccsc2)O1. The van der Waals surface area contributed by atoms with Crippen LogP contribution in [-0.2, 0) is 4.74 Å². The molecule has 0 aliphatic carbocycles. The summed E-state index contributed by atoms with van der Waals surface area (Å²) < 4.78 is 5.93. The number of ether oxygens (including phenoxy) is 1. The number of carbonyl (C=O) groups is 1. The molecule has 1 aliphatic heterocycles. The first-order chi connectivity index (χ1) is 10.2. The summed E-state index contributed by atoms with van der Waals surface area (Å²) in [6, 6.07) is 7.35. The zero-order valence-corrected chi connectivity index (χ0v) is 12.5. The summed E-state index contributed by atoms with van der Waals surface area (Å²) in [5.41, 5.74) is 1.13. The summed E-state index contributed by atoms with van der Waals surface area (Å²) in [4.78, 5) is 18.2. The number of aromatic nitrogens is 1. The van der Waals surface area contributed by atoms with Gasteiger partial charge < -0.3 is 9.64 Å². The number of nitrogens with one attached hydrogen (secondary N) is 1. The third kappa shape index (κ3) is 3.40. The fourth-order valence-corrected chi connectivity index (χ4v) is 3.09. The van der Waals surface area contributed by atoms with Gasteiger partial charge in [0.2, 0.25) is 0 Å². The number of hydrogen-bond acceptors (Lipinski definition) is 4. The Morgan fingerprint density at radius 3 is 3.05 bits per heavy atom. The third-order valence-corrected chi connectivity index (χ3v) is 4.06. The van der Waals surface area contributed by atoms with Gasteiger partial charge in [-0.1, -0.05) is 6.07 Å². The Hall–Kier alpha value is -1.92. The number of carbonyl (C=O) groups excluding carboxylic acids is 1. The fourth-order valence-electron chi connectivity index (χ4n) is 2.38. The van der Waals surface area contributed by atoms with Crippen LogP contribution in [0.5, 0.6) is 0 Å². The van der Waals surface area contributed by atoms with Gasteiger partial charge in [-0.05, 0) is 41.4 Å². The molecule has 6 heteroatoms. The molecule has 0 bridgehead atoms. The van der Waals surface area contributed by atoms with Gasteiger partial charge in [0.15, 0.2) is 0 Å². The molecule has 0 radical (unpaired) electrons. The molecule has 21 heavy (non-hydrogen) atoms. The van der Waals surface area contributed by atoms with Gasteiger partial charge in [0.1, 0.15) is 11.9 Å². The van der Waals surface area contributed by atoms with E-state index in [9.17, 15) is 4.79 Å². The van der Waals surface area contributed by atoms with Crippen LogP contribution in [0, 0.1) is 0 Å². The molecule has 0 saturated carbocycles. The number of nitrogens with zero attached hydrogens (tertiary/aromatic N) is 2. The highest BCUT2D eigenvalue weighted by molar-refractivity contribution is 7.07. The highest BCUT2D eigenvalue weighted by Crippen LogP contribution is 2.27. The van der Waals surface area contributed by atoms with E-state index in [1.165, 1.54) is 0 Å². The maximum atomic E-state index is 12.4. The topological polar surface area (TPSA) is 54.5 Å². The summed E-state index contributed by atoms with van der Waals surface area (Å²) in [6.45, 7) is 3.12. The van der Waals surface area contributed by atoms with E-state index in [0.29, 0.717) is 18.9 Å². The molecule has 0 aromatic carbocycles. The molecule has 3 heterocycles. The van der Waals surface area contributed by atoms with Crippen molar-refractivity contribution in [3.8, 4) is 0 Å². The molecule has 1 aliphatic rings. The molecule has 2 amide bonds. The van der Waals surface area contributed by atoms with Gasteiger partial charge in [-0.15, -0.1) is 0 Å². The molecule has 2 aromatic heterocycles. The maximum Gasteiger partial charge on any atom is 0.323 e. The van der Waals surface area contributed by atoms with Gasteiger partial charge in [0, 0.05) is 12.7 Å². The molecule has 1 saturated heterocycles. The van der Waals surface area contributed by atoms with E-state index < -0.39 is 0 Å². The Morgan fingerprint density at radius 1 is 1.43 bits per heavy atom.